The summed E-state index contributed by atoms with van der Waals surface area (Å²) >= 11 is 0. The lowest BCUT2D eigenvalue weighted by Crippen LogP contribution is -2.31. The second-order valence-corrected chi connectivity index (χ2v) is 8.16. The maximum atomic E-state index is 12.7. The van der Waals surface area contributed by atoms with Crippen molar-refractivity contribution in [1.29, 1.82) is 0 Å². The lowest BCUT2D eigenvalue weighted by molar-refractivity contribution is 0.0566. The number of fused-ring (bicyclic) bond motifs is 2. The summed E-state index contributed by atoms with van der Waals surface area (Å²) in [5, 5.41) is 4.04. The van der Waals surface area contributed by atoms with E-state index >= 15 is 0 Å². The van der Waals surface area contributed by atoms with Crippen molar-refractivity contribution >= 4 is 28.6 Å². The van der Waals surface area contributed by atoms with Crippen molar-refractivity contribution in [1.82, 2.24) is 15.2 Å². The van der Waals surface area contributed by atoms with Gasteiger partial charge < -0.3 is 15.0 Å². The van der Waals surface area contributed by atoms with Crippen LogP contribution in [0, 0.1) is 0 Å². The summed E-state index contributed by atoms with van der Waals surface area (Å²) < 4.78 is 5.48. The number of benzene rings is 2. The van der Waals surface area contributed by atoms with Gasteiger partial charge in [-0.25, -0.2) is 0 Å². The van der Waals surface area contributed by atoms with Crippen molar-refractivity contribution in [2.45, 2.75) is 32.8 Å². The van der Waals surface area contributed by atoms with Crippen molar-refractivity contribution in [3.05, 3.63) is 70.9 Å². The summed E-state index contributed by atoms with van der Waals surface area (Å²) in [4.78, 5) is 42.4. The Balaban J connectivity index is 1.36. The van der Waals surface area contributed by atoms with Gasteiger partial charge in [0.05, 0.1) is 17.2 Å². The number of hydrogen-bond donors (Lipinski definition) is 2. The number of amides is 3. The highest BCUT2D eigenvalue weighted by atomic mass is 16.5. The number of para-hydroxylation sites is 1. The molecule has 1 aliphatic rings. The smallest absolute Gasteiger partial charge is 0.261 e. The van der Waals surface area contributed by atoms with Crippen molar-refractivity contribution < 1.29 is 19.1 Å². The predicted molar refractivity (Wildman–Crippen MR) is 122 cm³/mol. The van der Waals surface area contributed by atoms with Crippen LogP contribution in [0.1, 0.15) is 56.9 Å². The van der Waals surface area contributed by atoms with E-state index in [-0.39, 0.29) is 29.4 Å². The topological polar surface area (TPSA) is 91.5 Å². The summed E-state index contributed by atoms with van der Waals surface area (Å²) in [5.74, 6) is -0.944. The first-order valence-corrected chi connectivity index (χ1v) is 10.9. The molecular weight excluding hydrogens is 406 g/mol. The van der Waals surface area contributed by atoms with E-state index in [2.05, 4.69) is 10.3 Å². The van der Waals surface area contributed by atoms with E-state index in [1.165, 1.54) is 11.0 Å². The molecule has 0 aliphatic carbocycles. The molecule has 0 bridgehead atoms. The summed E-state index contributed by atoms with van der Waals surface area (Å²) in [6, 6.07) is 12.7. The van der Waals surface area contributed by atoms with E-state index in [9.17, 15) is 14.4 Å². The first kappa shape index (κ1) is 21.8. The molecule has 0 radical (unpaired) electrons. The number of carbonyl (C=O) groups is 3. The van der Waals surface area contributed by atoms with Crippen LogP contribution in [-0.4, -0.2) is 53.4 Å². The molecule has 7 heteroatoms. The molecule has 7 nitrogen and oxygen atoms in total. The molecule has 1 aliphatic heterocycles. The minimum atomic E-state index is -0.358. The zero-order valence-electron chi connectivity index (χ0n) is 18.3. The summed E-state index contributed by atoms with van der Waals surface area (Å²) in [7, 11) is 0. The van der Waals surface area contributed by atoms with Gasteiger partial charge in [0.25, 0.3) is 17.7 Å². The van der Waals surface area contributed by atoms with Crippen molar-refractivity contribution in [2.24, 2.45) is 0 Å². The molecule has 1 aromatic heterocycles. The SMILES string of the molecule is CC(C)OCCCN1C(=O)c2ccc(C(=O)NCCc3c[nH]c4ccccc34)cc2C1=O. The maximum absolute atomic E-state index is 12.7. The van der Waals surface area contributed by atoms with Crippen molar-refractivity contribution in [3.63, 3.8) is 0 Å². The van der Waals surface area contributed by atoms with Gasteiger partial charge in [0.1, 0.15) is 0 Å². The second-order valence-electron chi connectivity index (χ2n) is 8.16. The maximum Gasteiger partial charge on any atom is 0.261 e. The molecule has 0 unspecified atom stereocenters. The first-order chi connectivity index (χ1) is 15.5. The van der Waals surface area contributed by atoms with Crippen LogP contribution in [-0.2, 0) is 11.2 Å². The molecule has 0 spiro atoms. The molecule has 0 atom stereocenters. The highest BCUT2D eigenvalue weighted by molar-refractivity contribution is 6.22. The van der Waals surface area contributed by atoms with Crippen LogP contribution in [0.2, 0.25) is 0 Å². The largest absolute Gasteiger partial charge is 0.379 e. The molecule has 2 N–H and O–H groups in total. The van der Waals surface area contributed by atoms with E-state index in [1.807, 2.05) is 44.3 Å². The highest BCUT2D eigenvalue weighted by Gasteiger charge is 2.35. The number of nitrogens with one attached hydrogen (secondary N) is 2. The van der Waals surface area contributed by atoms with Crippen LogP contribution in [0.3, 0.4) is 0 Å². The summed E-state index contributed by atoms with van der Waals surface area (Å²) in [5.41, 5.74) is 3.19. The Morgan fingerprint density at radius 2 is 1.88 bits per heavy atom. The minimum Gasteiger partial charge on any atom is -0.379 e. The molecule has 3 aromatic rings. The molecule has 4 rings (SSSR count). The fourth-order valence-corrected chi connectivity index (χ4v) is 3.93. The van der Waals surface area contributed by atoms with Gasteiger partial charge in [0.2, 0.25) is 0 Å². The molecule has 2 heterocycles. The van der Waals surface area contributed by atoms with Crippen LogP contribution in [0.15, 0.2) is 48.7 Å². The second kappa shape index (κ2) is 9.36. The molecule has 0 fully saturated rings. The number of nitrogens with zero attached hydrogens (tertiary/aromatic N) is 1. The fourth-order valence-electron chi connectivity index (χ4n) is 3.93. The summed E-state index contributed by atoms with van der Waals surface area (Å²) in [6.45, 7) is 5.12. The average Bonchev–Trinajstić information content (AvgIpc) is 3.30. The van der Waals surface area contributed by atoms with E-state index in [0.29, 0.717) is 43.7 Å². The Bertz CT molecular complexity index is 1160. The van der Waals surface area contributed by atoms with Crippen LogP contribution in [0.4, 0.5) is 0 Å². The quantitative estimate of drug-likeness (QED) is 0.399. The van der Waals surface area contributed by atoms with Crippen LogP contribution in [0.25, 0.3) is 10.9 Å². The van der Waals surface area contributed by atoms with Gasteiger partial charge in [-0.2, -0.15) is 0 Å². The monoisotopic (exact) mass is 433 g/mol. The van der Waals surface area contributed by atoms with Crippen LogP contribution >= 0.6 is 0 Å². The van der Waals surface area contributed by atoms with Crippen molar-refractivity contribution in [2.75, 3.05) is 19.7 Å². The number of imide groups is 1. The predicted octanol–water partition coefficient (Wildman–Crippen LogP) is 3.55. The normalized spacial score (nSPS) is 13.3. The van der Waals surface area contributed by atoms with Crippen LogP contribution in [0.5, 0.6) is 0 Å². The standard InChI is InChI=1S/C25H27N3O4/c1-16(2)32-13-5-12-28-24(30)20-9-8-17(14-21(20)25(28)31)23(29)26-11-10-18-15-27-22-7-4-3-6-19(18)22/h3-4,6-9,14-16,27H,5,10-13H2,1-2H3,(H,26,29). The van der Waals surface area contributed by atoms with Gasteiger partial charge in [0.15, 0.2) is 0 Å². The Morgan fingerprint density at radius 1 is 1.09 bits per heavy atom. The highest BCUT2D eigenvalue weighted by Crippen LogP contribution is 2.24. The number of hydrogen-bond acceptors (Lipinski definition) is 4. The molecule has 3 amide bonds. The Kier molecular flexibility index (Phi) is 6.37. The van der Waals surface area contributed by atoms with Gasteiger partial charge in [-0.3, -0.25) is 19.3 Å². The number of ether oxygens (including phenoxy) is 1. The third-order valence-electron chi connectivity index (χ3n) is 5.56. The number of aromatic nitrogens is 1. The van der Waals surface area contributed by atoms with Crippen LogP contribution < -0.4 is 5.32 Å². The van der Waals surface area contributed by atoms with Gasteiger partial charge >= 0.3 is 0 Å². The third kappa shape index (κ3) is 4.43. The molecule has 166 valence electrons. The van der Waals surface area contributed by atoms with Crippen molar-refractivity contribution in [3.8, 4) is 0 Å². The fraction of sp³-hybridized carbons (Fsp3) is 0.320. The lowest BCUT2D eigenvalue weighted by Gasteiger charge is -2.14. The molecular formula is C25H27N3O4. The van der Waals surface area contributed by atoms with Gasteiger partial charge in [-0.05, 0) is 56.5 Å². The minimum absolute atomic E-state index is 0.106. The number of rotatable bonds is 9. The Hall–Kier alpha value is -3.45. The third-order valence-corrected chi connectivity index (χ3v) is 5.56. The van der Waals surface area contributed by atoms with Gasteiger partial charge in [-0.15, -0.1) is 0 Å². The van der Waals surface area contributed by atoms with E-state index in [0.717, 1.165) is 16.5 Å². The van der Waals surface area contributed by atoms with E-state index in [1.54, 1.807) is 12.1 Å². The molecule has 2 aromatic carbocycles. The Morgan fingerprint density at radius 3 is 2.69 bits per heavy atom. The Labute approximate surface area is 186 Å². The average molecular weight is 434 g/mol. The zero-order valence-corrected chi connectivity index (χ0v) is 18.3. The summed E-state index contributed by atoms with van der Waals surface area (Å²) in [6.07, 6.45) is 3.32. The van der Waals surface area contributed by atoms with Gasteiger partial charge in [-0.1, -0.05) is 18.2 Å². The van der Waals surface area contributed by atoms with E-state index < -0.39 is 0 Å². The lowest BCUT2D eigenvalue weighted by atomic mass is 10.1. The number of H-pyrrole nitrogens is 1. The zero-order chi connectivity index (χ0) is 22.7. The number of aromatic amines is 1. The molecule has 32 heavy (non-hydrogen) atoms. The molecule has 0 saturated carbocycles. The number of carbonyl (C=O) groups excluding carboxylic acids is 3. The molecule has 0 saturated heterocycles. The first-order valence-electron chi connectivity index (χ1n) is 10.9. The van der Waals surface area contributed by atoms with Gasteiger partial charge in [0, 0.05) is 42.4 Å². The van der Waals surface area contributed by atoms with E-state index in [4.69, 9.17) is 4.74 Å².